The van der Waals surface area contributed by atoms with Crippen LogP contribution in [0.3, 0.4) is 0 Å². The zero-order valence-electron chi connectivity index (χ0n) is 17.5. The second-order valence-electron chi connectivity index (χ2n) is 7.06. The summed E-state index contributed by atoms with van der Waals surface area (Å²) >= 11 is 6.96. The fourth-order valence-electron chi connectivity index (χ4n) is 3.59. The summed E-state index contributed by atoms with van der Waals surface area (Å²) < 4.78 is 10.6. The number of carbonyl (C=O) groups is 1. The molecule has 0 saturated heterocycles. The van der Waals surface area contributed by atoms with E-state index in [0.29, 0.717) is 22.0 Å². The number of hydrogen-bond donors (Lipinski definition) is 2. The Labute approximate surface area is 190 Å². The van der Waals surface area contributed by atoms with E-state index < -0.39 is 4.92 Å². The third-order valence-electron chi connectivity index (χ3n) is 5.02. The second kappa shape index (κ2) is 10.5. The number of rotatable bonds is 6. The number of methoxy groups -OCH3 is 1. The molecule has 3 rings (SSSR count). The summed E-state index contributed by atoms with van der Waals surface area (Å²) in [5, 5.41) is 18.0. The summed E-state index contributed by atoms with van der Waals surface area (Å²) in [6.45, 7) is 2.07. The number of thiophene rings is 1. The average Bonchev–Trinajstić information content (AvgIpc) is 3.03. The number of hydrogen-bond acceptors (Lipinski definition) is 7. The van der Waals surface area contributed by atoms with Gasteiger partial charge in [-0.15, -0.1) is 11.3 Å². The van der Waals surface area contributed by atoms with Gasteiger partial charge in [-0.1, -0.05) is 12.8 Å². The third-order valence-corrected chi connectivity index (χ3v) is 6.43. The number of carbonyl (C=O) groups excluding carboxylic acids is 1. The number of nitro groups is 1. The summed E-state index contributed by atoms with van der Waals surface area (Å²) in [6, 6.07) is 4.22. The first-order valence-electron chi connectivity index (χ1n) is 10.2. The molecule has 1 heterocycles. The van der Waals surface area contributed by atoms with Gasteiger partial charge < -0.3 is 20.1 Å². The van der Waals surface area contributed by atoms with Gasteiger partial charge in [0.2, 0.25) is 0 Å². The maximum Gasteiger partial charge on any atom is 0.341 e. The lowest BCUT2D eigenvalue weighted by Gasteiger charge is -2.14. The minimum absolute atomic E-state index is 0.0857. The number of nitro benzene ring substituents is 1. The number of nitrogens with one attached hydrogen (secondary N) is 2. The fourth-order valence-corrected chi connectivity index (χ4v) is 5.15. The Bertz CT molecular complexity index is 990. The monoisotopic (exact) mass is 463 g/mol. The molecule has 1 aliphatic carbocycles. The lowest BCUT2D eigenvalue weighted by Crippen LogP contribution is -2.21. The normalized spacial score (nSPS) is 13.4. The molecule has 0 bridgehead atoms. The van der Waals surface area contributed by atoms with Crippen molar-refractivity contribution in [2.45, 2.75) is 45.4 Å². The number of ether oxygens (including phenoxy) is 2. The van der Waals surface area contributed by atoms with Crippen LogP contribution in [0.4, 0.5) is 16.4 Å². The molecule has 1 aliphatic rings. The Balaban J connectivity index is 1.89. The van der Waals surface area contributed by atoms with E-state index in [1.807, 2.05) is 0 Å². The van der Waals surface area contributed by atoms with Crippen molar-refractivity contribution < 1.29 is 19.2 Å². The van der Waals surface area contributed by atoms with Crippen molar-refractivity contribution in [3.63, 3.8) is 0 Å². The van der Waals surface area contributed by atoms with E-state index in [2.05, 4.69) is 10.6 Å². The van der Waals surface area contributed by atoms with Crippen LogP contribution in [0.5, 0.6) is 5.75 Å². The van der Waals surface area contributed by atoms with E-state index in [-0.39, 0.29) is 23.4 Å². The molecule has 2 aromatic rings. The van der Waals surface area contributed by atoms with Crippen LogP contribution in [-0.4, -0.2) is 29.7 Å². The first-order chi connectivity index (χ1) is 14.9. The average molecular weight is 464 g/mol. The van der Waals surface area contributed by atoms with Gasteiger partial charge in [-0.2, -0.15) is 0 Å². The van der Waals surface area contributed by atoms with Crippen LogP contribution < -0.4 is 15.4 Å². The molecule has 1 aromatic heterocycles. The molecule has 0 fully saturated rings. The quantitative estimate of drug-likeness (QED) is 0.257. The van der Waals surface area contributed by atoms with Crippen molar-refractivity contribution in [1.82, 2.24) is 0 Å². The highest BCUT2D eigenvalue weighted by atomic mass is 32.1. The van der Waals surface area contributed by atoms with Crippen LogP contribution in [0.2, 0.25) is 0 Å². The highest BCUT2D eigenvalue weighted by Crippen LogP contribution is 2.38. The van der Waals surface area contributed by atoms with E-state index >= 15 is 0 Å². The highest BCUT2D eigenvalue weighted by molar-refractivity contribution is 7.80. The molecule has 8 nitrogen and oxygen atoms in total. The Morgan fingerprint density at radius 2 is 1.97 bits per heavy atom. The second-order valence-corrected chi connectivity index (χ2v) is 8.58. The number of aryl methyl sites for hydroxylation is 1. The molecular formula is C21H25N3O5S2. The van der Waals surface area contributed by atoms with E-state index in [0.717, 1.165) is 37.7 Å². The number of benzene rings is 1. The maximum absolute atomic E-state index is 12.7. The van der Waals surface area contributed by atoms with Gasteiger partial charge in [0.05, 0.1) is 29.9 Å². The number of non-ortho nitro benzene ring substituents is 1. The van der Waals surface area contributed by atoms with Crippen molar-refractivity contribution in [3.05, 3.63) is 44.3 Å². The summed E-state index contributed by atoms with van der Waals surface area (Å²) in [7, 11) is 1.47. The molecular weight excluding hydrogens is 438 g/mol. The van der Waals surface area contributed by atoms with Crippen LogP contribution in [-0.2, 0) is 17.6 Å². The van der Waals surface area contributed by atoms with Gasteiger partial charge in [0.15, 0.2) is 5.11 Å². The smallest absolute Gasteiger partial charge is 0.341 e. The zero-order valence-corrected chi connectivity index (χ0v) is 19.1. The van der Waals surface area contributed by atoms with Gasteiger partial charge in [-0.3, -0.25) is 10.1 Å². The SMILES string of the molecule is CCOC(=O)c1c(NC(=S)Nc2cc([N+](=O)[O-])ccc2OC)sc2c1CCCCCC2. The highest BCUT2D eigenvalue weighted by Gasteiger charge is 2.26. The molecule has 2 N–H and O–H groups in total. The van der Waals surface area contributed by atoms with Crippen LogP contribution >= 0.6 is 23.6 Å². The van der Waals surface area contributed by atoms with Crippen molar-refractivity contribution in [2.75, 3.05) is 24.4 Å². The minimum Gasteiger partial charge on any atom is -0.495 e. The molecule has 0 amide bonds. The zero-order chi connectivity index (χ0) is 22.4. The fraction of sp³-hybridized carbons (Fsp3) is 0.429. The van der Waals surface area contributed by atoms with Crippen LogP contribution in [0.15, 0.2) is 18.2 Å². The molecule has 10 heteroatoms. The van der Waals surface area contributed by atoms with Gasteiger partial charge in [0.25, 0.3) is 5.69 Å². The van der Waals surface area contributed by atoms with Crippen LogP contribution in [0.25, 0.3) is 0 Å². The van der Waals surface area contributed by atoms with Gasteiger partial charge in [-0.25, -0.2) is 4.79 Å². The number of anilines is 2. The van der Waals surface area contributed by atoms with Gasteiger partial charge in [0, 0.05) is 17.0 Å². The van der Waals surface area contributed by atoms with E-state index in [1.165, 1.54) is 47.9 Å². The lowest BCUT2D eigenvalue weighted by molar-refractivity contribution is -0.384. The minimum atomic E-state index is -0.487. The lowest BCUT2D eigenvalue weighted by atomic mass is 9.96. The molecule has 1 aromatic carbocycles. The van der Waals surface area contributed by atoms with Crippen molar-refractivity contribution in [3.8, 4) is 5.75 Å². The predicted molar refractivity (Wildman–Crippen MR) is 126 cm³/mol. The summed E-state index contributed by atoms with van der Waals surface area (Å²) in [6.07, 6.45) is 6.20. The molecule has 31 heavy (non-hydrogen) atoms. The summed E-state index contributed by atoms with van der Waals surface area (Å²) in [5.41, 5.74) is 1.86. The molecule has 0 spiro atoms. The maximum atomic E-state index is 12.7. The molecule has 0 atom stereocenters. The Kier molecular flexibility index (Phi) is 7.80. The Morgan fingerprint density at radius 3 is 2.65 bits per heavy atom. The van der Waals surface area contributed by atoms with Crippen LogP contribution in [0.1, 0.15) is 53.4 Å². The molecule has 166 valence electrons. The van der Waals surface area contributed by atoms with Gasteiger partial charge in [-0.05, 0) is 56.5 Å². The summed E-state index contributed by atoms with van der Waals surface area (Å²) in [4.78, 5) is 24.6. The molecule has 0 unspecified atom stereocenters. The number of thiocarbonyl (C=S) groups is 1. The standard InChI is InChI=1S/C21H25N3O5S2/c1-3-29-20(25)18-14-8-6-4-5-7-9-17(14)31-19(18)23-21(30)22-15-12-13(24(26)27)10-11-16(15)28-2/h10-12H,3-9H2,1-2H3,(H2,22,23,30). The predicted octanol–water partition coefficient (Wildman–Crippen LogP) is 5.31. The Morgan fingerprint density at radius 1 is 1.23 bits per heavy atom. The van der Waals surface area contributed by atoms with Crippen molar-refractivity contribution in [1.29, 1.82) is 0 Å². The third kappa shape index (κ3) is 5.50. The van der Waals surface area contributed by atoms with Gasteiger partial charge >= 0.3 is 5.97 Å². The van der Waals surface area contributed by atoms with Crippen LogP contribution in [0, 0.1) is 10.1 Å². The largest absolute Gasteiger partial charge is 0.495 e. The summed E-state index contributed by atoms with van der Waals surface area (Å²) in [5.74, 6) is 0.0534. The topological polar surface area (TPSA) is 103 Å². The molecule has 0 radical (unpaired) electrons. The van der Waals surface area contributed by atoms with Gasteiger partial charge in [0.1, 0.15) is 10.8 Å². The van der Waals surface area contributed by atoms with Crippen molar-refractivity contribution in [2.24, 2.45) is 0 Å². The van der Waals surface area contributed by atoms with E-state index in [4.69, 9.17) is 21.7 Å². The number of nitrogens with zero attached hydrogens (tertiary/aromatic N) is 1. The van der Waals surface area contributed by atoms with E-state index in [1.54, 1.807) is 6.92 Å². The van der Waals surface area contributed by atoms with Crippen molar-refractivity contribution >= 4 is 51.0 Å². The molecule has 0 saturated carbocycles. The first-order valence-corrected chi connectivity index (χ1v) is 11.4. The molecule has 0 aliphatic heterocycles. The number of fused-ring (bicyclic) bond motifs is 1. The first kappa shape index (κ1) is 23.0. The van der Waals surface area contributed by atoms with E-state index in [9.17, 15) is 14.9 Å². The number of esters is 1. The Hall–Kier alpha value is -2.72.